The molecule has 2 N–H and O–H groups in total. The molecule has 0 radical (unpaired) electrons. The van der Waals surface area contributed by atoms with Crippen molar-refractivity contribution in [2.45, 2.75) is 52.9 Å². The Morgan fingerprint density at radius 3 is 2.63 bits per heavy atom. The number of rotatable bonds is 13. The van der Waals surface area contributed by atoms with Crippen LogP contribution in [0, 0.1) is 13.8 Å². The molecule has 0 aliphatic carbocycles. The van der Waals surface area contributed by atoms with E-state index in [1.54, 1.807) is 0 Å². The Bertz CT molecular complexity index is 1760. The van der Waals surface area contributed by atoms with Gasteiger partial charge in [0.15, 0.2) is 0 Å². The lowest BCUT2D eigenvalue weighted by molar-refractivity contribution is 0.0519. The molecule has 0 unspecified atom stereocenters. The number of carbonyl (C=O) groups is 1. The number of nitrogens with one attached hydrogen (secondary N) is 1. The molecule has 0 saturated heterocycles. The van der Waals surface area contributed by atoms with E-state index >= 15 is 0 Å². The monoisotopic (exact) mass is 579 g/mol. The van der Waals surface area contributed by atoms with E-state index in [0.29, 0.717) is 25.3 Å². The SMILES string of the molecule is CCOC(=O)c1[nH]c2c(-c3c(C=CCCCCO)nn(C)c3C)c(C)ccc2c1CCCOc1cccc2ccccc12. The van der Waals surface area contributed by atoms with Gasteiger partial charge in [0.2, 0.25) is 0 Å². The first-order chi connectivity index (χ1) is 20.9. The number of hydrogen-bond acceptors (Lipinski definition) is 5. The zero-order chi connectivity index (χ0) is 30.3. The fourth-order valence-corrected chi connectivity index (χ4v) is 5.76. The van der Waals surface area contributed by atoms with Crippen LogP contribution in [0.3, 0.4) is 0 Å². The van der Waals surface area contributed by atoms with Crippen molar-refractivity contribution < 1.29 is 19.4 Å². The maximum Gasteiger partial charge on any atom is 0.355 e. The number of carbonyl (C=O) groups excluding carboxylic acids is 1. The first-order valence-corrected chi connectivity index (χ1v) is 15.2. The summed E-state index contributed by atoms with van der Waals surface area (Å²) in [7, 11) is 1.96. The lowest BCUT2D eigenvalue weighted by Crippen LogP contribution is -2.09. The van der Waals surface area contributed by atoms with Crippen molar-refractivity contribution in [3.63, 3.8) is 0 Å². The van der Waals surface area contributed by atoms with E-state index in [4.69, 9.17) is 19.7 Å². The predicted octanol–water partition coefficient (Wildman–Crippen LogP) is 7.70. The summed E-state index contributed by atoms with van der Waals surface area (Å²) < 4.78 is 13.6. The molecule has 0 fully saturated rings. The van der Waals surface area contributed by atoms with Crippen molar-refractivity contribution in [3.8, 4) is 16.9 Å². The summed E-state index contributed by atoms with van der Waals surface area (Å²) in [5, 5.41) is 17.2. The van der Waals surface area contributed by atoms with E-state index in [2.05, 4.69) is 61.3 Å². The maximum absolute atomic E-state index is 13.2. The molecule has 0 aliphatic rings. The van der Waals surface area contributed by atoms with E-state index in [9.17, 15) is 4.79 Å². The van der Waals surface area contributed by atoms with Crippen molar-refractivity contribution in [3.05, 3.63) is 88.9 Å². The second kappa shape index (κ2) is 13.7. The van der Waals surface area contributed by atoms with Gasteiger partial charge in [-0.15, -0.1) is 0 Å². The van der Waals surface area contributed by atoms with Gasteiger partial charge in [0.25, 0.3) is 0 Å². The van der Waals surface area contributed by atoms with Gasteiger partial charge in [-0.1, -0.05) is 54.6 Å². The Balaban J connectivity index is 1.49. The van der Waals surface area contributed by atoms with E-state index in [1.807, 2.05) is 42.9 Å². The number of esters is 1. The number of fused-ring (bicyclic) bond motifs is 2. The van der Waals surface area contributed by atoms with Gasteiger partial charge in [-0.3, -0.25) is 4.68 Å². The number of unbranched alkanes of at least 4 members (excludes halogenated alkanes) is 2. The van der Waals surface area contributed by atoms with Gasteiger partial charge in [-0.2, -0.15) is 5.10 Å². The summed E-state index contributed by atoms with van der Waals surface area (Å²) in [5.74, 6) is 0.517. The Morgan fingerprint density at radius 2 is 1.81 bits per heavy atom. The van der Waals surface area contributed by atoms with Crippen LogP contribution < -0.4 is 4.74 Å². The van der Waals surface area contributed by atoms with Crippen LogP contribution in [0.5, 0.6) is 5.75 Å². The van der Waals surface area contributed by atoms with Crippen LogP contribution in [-0.2, 0) is 18.2 Å². The van der Waals surface area contributed by atoms with E-state index < -0.39 is 0 Å². The average molecular weight is 580 g/mol. The predicted molar refractivity (Wildman–Crippen MR) is 174 cm³/mol. The van der Waals surface area contributed by atoms with Gasteiger partial charge in [0.1, 0.15) is 11.4 Å². The standard InChI is InChI=1S/C36H41N3O4/c1-5-42-36(41)35-28(17-13-23-43-31-19-12-15-26-14-9-10-16-27(26)31)29-21-20-24(2)32(34(29)37-35)33-25(3)39(4)38-30(33)18-8-6-7-11-22-40/h8-10,12,14-16,18-21,37,40H,5-7,11,13,17,22-23H2,1-4H3. The number of hydrogen-bond donors (Lipinski definition) is 2. The smallest absolute Gasteiger partial charge is 0.355 e. The zero-order valence-electron chi connectivity index (χ0n) is 25.6. The van der Waals surface area contributed by atoms with Crippen LogP contribution in [0.1, 0.15) is 65.6 Å². The van der Waals surface area contributed by atoms with Gasteiger partial charge in [-0.05, 0) is 81.5 Å². The zero-order valence-corrected chi connectivity index (χ0v) is 25.6. The molecule has 5 rings (SSSR count). The molecule has 2 heterocycles. The fraction of sp³-hybridized carbons (Fsp3) is 0.333. The quantitative estimate of drug-likeness (QED) is 0.110. The normalized spacial score (nSPS) is 11.7. The number of aromatic nitrogens is 3. The van der Waals surface area contributed by atoms with Crippen molar-refractivity contribution >= 4 is 33.7 Å². The van der Waals surface area contributed by atoms with E-state index in [1.165, 1.54) is 0 Å². The Morgan fingerprint density at radius 1 is 1.00 bits per heavy atom. The molecule has 0 saturated carbocycles. The lowest BCUT2D eigenvalue weighted by atomic mass is 9.94. The molecule has 3 aromatic carbocycles. The highest BCUT2D eigenvalue weighted by molar-refractivity contribution is 6.05. The van der Waals surface area contributed by atoms with Crippen LogP contribution >= 0.6 is 0 Å². The third kappa shape index (κ3) is 6.37. The number of H-pyrrole nitrogens is 1. The summed E-state index contributed by atoms with van der Waals surface area (Å²) in [6, 6.07) is 18.5. The van der Waals surface area contributed by atoms with Gasteiger partial charge >= 0.3 is 5.97 Å². The summed E-state index contributed by atoms with van der Waals surface area (Å²) in [6.07, 6.45) is 8.17. The number of benzene rings is 3. The van der Waals surface area contributed by atoms with Crippen molar-refractivity contribution in [2.24, 2.45) is 7.05 Å². The molecule has 0 amide bonds. The Labute approximate surface area is 253 Å². The van der Waals surface area contributed by atoms with Crippen molar-refractivity contribution in [2.75, 3.05) is 19.8 Å². The number of aliphatic hydroxyl groups is 1. The molecule has 0 bridgehead atoms. The molecule has 0 aliphatic heterocycles. The largest absolute Gasteiger partial charge is 0.493 e. The second-order valence-corrected chi connectivity index (χ2v) is 10.9. The van der Waals surface area contributed by atoms with E-state index in [0.717, 1.165) is 86.7 Å². The molecule has 0 spiro atoms. The molecule has 43 heavy (non-hydrogen) atoms. The van der Waals surface area contributed by atoms with Gasteiger partial charge in [-0.25, -0.2) is 4.79 Å². The summed E-state index contributed by atoms with van der Waals surface area (Å²) >= 11 is 0. The number of aromatic amines is 1. The van der Waals surface area contributed by atoms with Crippen LogP contribution in [0.25, 0.3) is 38.9 Å². The molecule has 5 aromatic rings. The molecular weight excluding hydrogens is 538 g/mol. The number of ether oxygens (including phenoxy) is 2. The molecular formula is C36H41N3O4. The third-order valence-corrected chi connectivity index (χ3v) is 8.01. The minimum Gasteiger partial charge on any atom is -0.493 e. The Hall–Kier alpha value is -4.36. The Kier molecular flexibility index (Phi) is 9.62. The van der Waals surface area contributed by atoms with Gasteiger partial charge < -0.3 is 19.6 Å². The molecule has 7 nitrogen and oxygen atoms in total. The first-order valence-electron chi connectivity index (χ1n) is 15.2. The summed E-state index contributed by atoms with van der Waals surface area (Å²) in [6.45, 7) is 7.02. The van der Waals surface area contributed by atoms with Crippen LogP contribution in [0.15, 0.2) is 60.7 Å². The van der Waals surface area contributed by atoms with E-state index in [-0.39, 0.29) is 12.6 Å². The second-order valence-electron chi connectivity index (χ2n) is 10.9. The summed E-state index contributed by atoms with van der Waals surface area (Å²) in [5.41, 5.74) is 7.48. The minimum absolute atomic E-state index is 0.205. The van der Waals surface area contributed by atoms with Crippen LogP contribution in [-0.4, -0.2) is 45.7 Å². The highest BCUT2D eigenvalue weighted by Gasteiger charge is 2.24. The molecule has 0 atom stereocenters. The number of allylic oxidation sites excluding steroid dienone is 1. The van der Waals surface area contributed by atoms with Gasteiger partial charge in [0, 0.05) is 41.2 Å². The third-order valence-electron chi connectivity index (χ3n) is 8.01. The fourth-order valence-electron chi connectivity index (χ4n) is 5.76. The number of nitrogens with zero attached hydrogens (tertiary/aromatic N) is 2. The van der Waals surface area contributed by atoms with Crippen LogP contribution in [0.4, 0.5) is 0 Å². The summed E-state index contributed by atoms with van der Waals surface area (Å²) in [4.78, 5) is 16.7. The first kappa shape index (κ1) is 30.1. The molecule has 7 heteroatoms. The molecule has 2 aromatic heterocycles. The number of aliphatic hydroxyl groups excluding tert-OH is 1. The average Bonchev–Trinajstić information content (AvgIpc) is 3.51. The number of aryl methyl sites for hydroxylation is 3. The highest BCUT2D eigenvalue weighted by Crippen LogP contribution is 2.39. The lowest BCUT2D eigenvalue weighted by Gasteiger charge is -2.11. The van der Waals surface area contributed by atoms with Crippen molar-refractivity contribution in [1.82, 2.24) is 14.8 Å². The van der Waals surface area contributed by atoms with Crippen molar-refractivity contribution in [1.29, 1.82) is 0 Å². The highest BCUT2D eigenvalue weighted by atomic mass is 16.5. The minimum atomic E-state index is -0.348. The topological polar surface area (TPSA) is 89.4 Å². The van der Waals surface area contributed by atoms with Gasteiger partial charge in [0.05, 0.1) is 24.4 Å². The maximum atomic E-state index is 13.2. The van der Waals surface area contributed by atoms with Crippen LogP contribution in [0.2, 0.25) is 0 Å². The molecule has 224 valence electrons.